The van der Waals surface area contributed by atoms with E-state index in [-0.39, 0.29) is 11.6 Å². The van der Waals surface area contributed by atoms with E-state index in [0.717, 1.165) is 5.56 Å². The number of hydrogen-bond donors (Lipinski definition) is 5. The van der Waals surface area contributed by atoms with Gasteiger partial charge in [0.25, 0.3) is 5.91 Å². The van der Waals surface area contributed by atoms with Crippen LogP contribution in [-0.2, 0) is 4.79 Å². The zero-order valence-corrected chi connectivity index (χ0v) is 17.4. The monoisotopic (exact) mass is 419 g/mol. The van der Waals surface area contributed by atoms with Crippen LogP contribution >= 0.6 is 11.3 Å². The summed E-state index contributed by atoms with van der Waals surface area (Å²) >= 11 is 1.30. The smallest absolute Gasteiger partial charge is 0.426 e. The van der Waals surface area contributed by atoms with Crippen molar-refractivity contribution in [2.24, 2.45) is 5.92 Å². The molecule has 0 fully saturated rings. The molecule has 1 heterocycles. The third kappa shape index (κ3) is 6.64. The van der Waals surface area contributed by atoms with Gasteiger partial charge in [0, 0.05) is 10.9 Å². The minimum absolute atomic E-state index is 0.105. The third-order valence-electron chi connectivity index (χ3n) is 4.22. The average Bonchev–Trinajstić information content (AvgIpc) is 3.15. The van der Waals surface area contributed by atoms with Gasteiger partial charge in [-0.15, -0.1) is 11.3 Å². The van der Waals surface area contributed by atoms with Gasteiger partial charge in [-0.1, -0.05) is 44.2 Å². The molecule has 2 amide bonds. The predicted octanol–water partition coefficient (Wildman–Crippen LogP) is 0.832. The molecule has 0 saturated heterocycles. The van der Waals surface area contributed by atoms with Crippen LogP contribution in [0.25, 0.3) is 10.6 Å². The van der Waals surface area contributed by atoms with Crippen molar-refractivity contribution >= 4 is 30.3 Å². The van der Waals surface area contributed by atoms with Gasteiger partial charge in [-0.3, -0.25) is 9.59 Å². The molecular formula is C19H26BN3O5S. The second-order valence-corrected chi connectivity index (χ2v) is 8.11. The van der Waals surface area contributed by atoms with E-state index >= 15 is 0 Å². The molecule has 0 spiro atoms. The molecule has 10 heteroatoms. The van der Waals surface area contributed by atoms with Gasteiger partial charge >= 0.3 is 7.12 Å². The maximum absolute atomic E-state index is 12.5. The average molecular weight is 419 g/mol. The van der Waals surface area contributed by atoms with Crippen LogP contribution in [0.4, 0.5) is 0 Å². The van der Waals surface area contributed by atoms with Gasteiger partial charge in [0.05, 0.1) is 12.0 Å². The summed E-state index contributed by atoms with van der Waals surface area (Å²) in [5.74, 6) is -2.11. The van der Waals surface area contributed by atoms with Gasteiger partial charge in [0.2, 0.25) is 5.91 Å². The Morgan fingerprint density at radius 1 is 1.14 bits per heavy atom. The first-order chi connectivity index (χ1) is 13.7. The molecule has 0 saturated carbocycles. The zero-order chi connectivity index (χ0) is 21.6. The molecule has 2 aromatic rings. The van der Waals surface area contributed by atoms with E-state index in [9.17, 15) is 24.7 Å². The number of hydrogen-bond acceptors (Lipinski definition) is 7. The number of aliphatic hydroxyl groups excluding tert-OH is 1. The molecule has 5 N–H and O–H groups in total. The van der Waals surface area contributed by atoms with Gasteiger partial charge < -0.3 is 25.8 Å². The summed E-state index contributed by atoms with van der Waals surface area (Å²) in [5, 5.41) is 36.1. The number of aliphatic hydroxyl groups is 1. The standard InChI is InChI=1S/C19H26BN3O5S/c1-11(2)9-15(20(27)28)22-18(26)16(12(3)24)23-17(25)14-10-29-19(21-14)13-7-5-4-6-8-13/h4-8,10-12,15-16,24,27-28H,9H2,1-3H3,(H,22,26)(H,23,25). The Bertz CT molecular complexity index is 813. The molecule has 0 bridgehead atoms. The maximum atomic E-state index is 12.5. The Morgan fingerprint density at radius 2 is 1.79 bits per heavy atom. The molecule has 156 valence electrons. The minimum atomic E-state index is -1.75. The predicted molar refractivity (Wildman–Crippen MR) is 112 cm³/mol. The van der Waals surface area contributed by atoms with E-state index < -0.39 is 37.0 Å². The van der Waals surface area contributed by atoms with Crippen LogP contribution in [0, 0.1) is 5.92 Å². The molecule has 3 atom stereocenters. The lowest BCUT2D eigenvalue weighted by Crippen LogP contribution is -2.57. The SMILES string of the molecule is CC(C)CC(NC(=O)C(NC(=O)c1csc(-c2ccccc2)n1)C(C)O)B(O)O. The number of thiazole rings is 1. The Balaban J connectivity index is 2.09. The van der Waals surface area contributed by atoms with Gasteiger partial charge in [0.1, 0.15) is 16.7 Å². The number of carbonyl (C=O) groups excluding carboxylic acids is 2. The molecule has 0 aliphatic carbocycles. The number of rotatable bonds is 9. The van der Waals surface area contributed by atoms with Crippen molar-refractivity contribution in [1.82, 2.24) is 15.6 Å². The lowest BCUT2D eigenvalue weighted by molar-refractivity contribution is -0.125. The summed E-state index contributed by atoms with van der Waals surface area (Å²) in [6.45, 7) is 5.12. The quantitative estimate of drug-likeness (QED) is 0.383. The Labute approximate surface area is 174 Å². The van der Waals surface area contributed by atoms with Crippen LogP contribution in [0.15, 0.2) is 35.7 Å². The zero-order valence-electron chi connectivity index (χ0n) is 16.6. The van der Waals surface area contributed by atoms with E-state index in [1.54, 1.807) is 5.38 Å². The fraction of sp³-hybridized carbons (Fsp3) is 0.421. The maximum Gasteiger partial charge on any atom is 0.475 e. The Kier molecular flexibility index (Phi) is 8.33. The minimum Gasteiger partial charge on any atom is -0.426 e. The van der Waals surface area contributed by atoms with Crippen LogP contribution in [0.5, 0.6) is 0 Å². The third-order valence-corrected chi connectivity index (χ3v) is 5.11. The van der Waals surface area contributed by atoms with Gasteiger partial charge in [0.15, 0.2) is 0 Å². The molecular weight excluding hydrogens is 393 g/mol. The molecule has 0 aliphatic heterocycles. The summed E-state index contributed by atoms with van der Waals surface area (Å²) < 4.78 is 0. The second-order valence-electron chi connectivity index (χ2n) is 7.25. The first kappa shape index (κ1) is 23.0. The number of nitrogens with zero attached hydrogens (tertiary/aromatic N) is 1. The Morgan fingerprint density at radius 3 is 2.34 bits per heavy atom. The summed E-state index contributed by atoms with van der Waals surface area (Å²) in [4.78, 5) is 29.4. The number of aromatic nitrogens is 1. The number of carbonyl (C=O) groups is 2. The summed E-state index contributed by atoms with van der Waals surface area (Å²) in [5.41, 5.74) is 1.00. The molecule has 0 radical (unpaired) electrons. The highest BCUT2D eigenvalue weighted by Gasteiger charge is 2.32. The largest absolute Gasteiger partial charge is 0.475 e. The molecule has 1 aromatic carbocycles. The Hall–Kier alpha value is -2.27. The van der Waals surface area contributed by atoms with Crippen molar-refractivity contribution in [2.45, 2.75) is 45.3 Å². The second kappa shape index (κ2) is 10.5. The van der Waals surface area contributed by atoms with E-state index in [1.165, 1.54) is 18.3 Å². The molecule has 29 heavy (non-hydrogen) atoms. The highest BCUT2D eigenvalue weighted by molar-refractivity contribution is 7.13. The first-order valence-electron chi connectivity index (χ1n) is 9.35. The van der Waals surface area contributed by atoms with Crippen LogP contribution < -0.4 is 10.6 Å². The van der Waals surface area contributed by atoms with E-state index in [2.05, 4.69) is 15.6 Å². The van der Waals surface area contributed by atoms with Crippen molar-refractivity contribution in [1.29, 1.82) is 0 Å². The van der Waals surface area contributed by atoms with Crippen LogP contribution in [0.2, 0.25) is 0 Å². The highest BCUT2D eigenvalue weighted by atomic mass is 32.1. The van der Waals surface area contributed by atoms with Crippen LogP contribution in [-0.4, -0.2) is 57.2 Å². The summed E-state index contributed by atoms with van der Waals surface area (Å²) in [7, 11) is -1.75. The highest BCUT2D eigenvalue weighted by Crippen LogP contribution is 2.23. The van der Waals surface area contributed by atoms with Crippen molar-refractivity contribution < 1.29 is 24.7 Å². The number of amides is 2. The summed E-state index contributed by atoms with van der Waals surface area (Å²) in [6, 6.07) is 8.11. The van der Waals surface area contributed by atoms with Gasteiger partial charge in [-0.2, -0.15) is 0 Å². The number of benzene rings is 1. The normalized spacial score (nSPS) is 14.2. The van der Waals surface area contributed by atoms with Crippen molar-refractivity contribution in [3.63, 3.8) is 0 Å². The molecule has 1 aromatic heterocycles. The van der Waals surface area contributed by atoms with Crippen LogP contribution in [0.1, 0.15) is 37.7 Å². The van der Waals surface area contributed by atoms with Crippen molar-refractivity contribution in [3.05, 3.63) is 41.4 Å². The van der Waals surface area contributed by atoms with E-state index in [4.69, 9.17) is 0 Å². The van der Waals surface area contributed by atoms with Crippen molar-refractivity contribution in [3.8, 4) is 10.6 Å². The summed E-state index contributed by atoms with van der Waals surface area (Å²) in [6.07, 6.45) is -0.863. The molecule has 8 nitrogen and oxygen atoms in total. The van der Waals surface area contributed by atoms with E-state index in [0.29, 0.717) is 11.4 Å². The van der Waals surface area contributed by atoms with Crippen LogP contribution in [0.3, 0.4) is 0 Å². The van der Waals surface area contributed by atoms with Gasteiger partial charge in [-0.05, 0) is 19.3 Å². The molecule has 0 aliphatic rings. The number of nitrogens with one attached hydrogen (secondary N) is 2. The first-order valence-corrected chi connectivity index (χ1v) is 10.2. The van der Waals surface area contributed by atoms with Gasteiger partial charge in [-0.25, -0.2) is 4.98 Å². The topological polar surface area (TPSA) is 132 Å². The lowest BCUT2D eigenvalue weighted by atomic mass is 9.75. The fourth-order valence-electron chi connectivity index (χ4n) is 2.75. The van der Waals surface area contributed by atoms with Crippen molar-refractivity contribution in [2.75, 3.05) is 0 Å². The van der Waals surface area contributed by atoms with E-state index in [1.807, 2.05) is 44.2 Å². The molecule has 3 unspecified atom stereocenters. The molecule has 2 rings (SSSR count). The lowest BCUT2D eigenvalue weighted by Gasteiger charge is -2.25. The fourth-order valence-corrected chi connectivity index (χ4v) is 3.55.